The van der Waals surface area contributed by atoms with Crippen LogP contribution in [0, 0.1) is 12.7 Å². The van der Waals surface area contributed by atoms with Gasteiger partial charge in [-0.05, 0) is 49.4 Å². The summed E-state index contributed by atoms with van der Waals surface area (Å²) < 4.78 is 20.1. The molecule has 0 aliphatic carbocycles. The molecule has 0 spiro atoms. The number of halogens is 1. The van der Waals surface area contributed by atoms with Crippen molar-refractivity contribution in [3.63, 3.8) is 0 Å². The second-order valence-corrected chi connectivity index (χ2v) is 7.93. The number of carboxylic acids is 1. The lowest BCUT2D eigenvalue weighted by Gasteiger charge is -2.40. The Morgan fingerprint density at radius 1 is 1.30 bits per heavy atom. The number of aryl methyl sites for hydroxylation is 1. The number of hydrogen-bond acceptors (Lipinski definition) is 4. The van der Waals surface area contributed by atoms with Crippen molar-refractivity contribution < 1.29 is 19.0 Å². The van der Waals surface area contributed by atoms with Crippen LogP contribution in [0.25, 0.3) is 10.9 Å². The molecule has 1 saturated heterocycles. The summed E-state index contributed by atoms with van der Waals surface area (Å²) in [5.41, 5.74) is 3.78. The maximum atomic E-state index is 14.4. The molecule has 2 N–H and O–H groups in total. The first-order valence-corrected chi connectivity index (χ1v) is 9.98. The number of carbonyl (C=O) groups is 1. The number of benzene rings is 2. The maximum Gasteiger partial charge on any atom is 0.338 e. The van der Waals surface area contributed by atoms with Gasteiger partial charge in [0, 0.05) is 54.9 Å². The molecule has 0 bridgehead atoms. The Morgan fingerprint density at radius 3 is 2.80 bits per heavy atom. The number of nitrogens with one attached hydrogen (secondary N) is 1. The molecule has 1 fully saturated rings. The van der Waals surface area contributed by atoms with E-state index in [1.54, 1.807) is 13.2 Å². The van der Waals surface area contributed by atoms with Crippen LogP contribution in [0.3, 0.4) is 0 Å². The van der Waals surface area contributed by atoms with Crippen molar-refractivity contribution in [3.8, 4) is 5.75 Å². The second kappa shape index (κ2) is 8.08. The summed E-state index contributed by atoms with van der Waals surface area (Å²) in [6.07, 6.45) is 1.93. The molecule has 1 aliphatic heterocycles. The van der Waals surface area contributed by atoms with Gasteiger partial charge < -0.3 is 19.7 Å². The molecule has 7 heteroatoms. The molecule has 1 aliphatic rings. The summed E-state index contributed by atoms with van der Waals surface area (Å²) in [7, 11) is 3.72. The van der Waals surface area contributed by atoms with E-state index in [0.717, 1.165) is 53.0 Å². The minimum atomic E-state index is -1.25. The fraction of sp³-hybridized carbons (Fsp3) is 0.348. The second-order valence-electron chi connectivity index (χ2n) is 7.93. The minimum Gasteiger partial charge on any atom is -0.496 e. The monoisotopic (exact) mass is 411 g/mol. The van der Waals surface area contributed by atoms with E-state index in [1.165, 1.54) is 12.1 Å². The topological polar surface area (TPSA) is 68.8 Å². The average Bonchev–Trinajstić information content (AvgIpc) is 3.21. The van der Waals surface area contributed by atoms with Gasteiger partial charge >= 0.3 is 5.97 Å². The normalized spacial score (nSPS) is 18.1. The van der Waals surface area contributed by atoms with Crippen LogP contribution >= 0.6 is 0 Å². The Morgan fingerprint density at radius 2 is 2.10 bits per heavy atom. The SMILES string of the molecule is COc1cc(C)c2[nH]ccc2c1CN1CCN(C)CC1c1ccc(C(=O)O)c(F)c1. The van der Waals surface area contributed by atoms with Crippen LogP contribution in [0.15, 0.2) is 36.5 Å². The number of piperazine rings is 1. The van der Waals surface area contributed by atoms with Gasteiger partial charge in [-0.1, -0.05) is 6.07 Å². The van der Waals surface area contributed by atoms with Crippen molar-refractivity contribution in [1.29, 1.82) is 0 Å². The summed E-state index contributed by atoms with van der Waals surface area (Å²) in [6, 6.07) is 8.49. The first kappa shape index (κ1) is 20.4. The van der Waals surface area contributed by atoms with Gasteiger partial charge in [0.15, 0.2) is 0 Å². The molecule has 1 atom stereocenters. The van der Waals surface area contributed by atoms with E-state index in [1.807, 2.05) is 19.3 Å². The zero-order valence-corrected chi connectivity index (χ0v) is 17.4. The van der Waals surface area contributed by atoms with Gasteiger partial charge in [0.05, 0.1) is 12.7 Å². The Hall–Kier alpha value is -2.90. The van der Waals surface area contributed by atoms with E-state index in [0.29, 0.717) is 6.54 Å². The van der Waals surface area contributed by atoms with Crippen LogP contribution < -0.4 is 4.74 Å². The number of aromatic carboxylic acids is 1. The van der Waals surface area contributed by atoms with Crippen LogP contribution in [0.4, 0.5) is 4.39 Å². The van der Waals surface area contributed by atoms with Crippen LogP contribution in [0.5, 0.6) is 5.75 Å². The van der Waals surface area contributed by atoms with Gasteiger partial charge in [-0.15, -0.1) is 0 Å². The molecule has 3 aromatic rings. The molecule has 4 rings (SSSR count). The number of methoxy groups -OCH3 is 1. The first-order chi connectivity index (χ1) is 14.4. The Kier molecular flexibility index (Phi) is 5.49. The number of rotatable bonds is 5. The predicted octanol–water partition coefficient (Wildman–Crippen LogP) is 3.81. The highest BCUT2D eigenvalue weighted by atomic mass is 19.1. The molecule has 1 aromatic heterocycles. The lowest BCUT2D eigenvalue weighted by molar-refractivity contribution is 0.0690. The number of carboxylic acid groups (broad SMARTS) is 1. The van der Waals surface area contributed by atoms with E-state index in [4.69, 9.17) is 9.84 Å². The molecule has 2 aromatic carbocycles. The first-order valence-electron chi connectivity index (χ1n) is 9.98. The smallest absolute Gasteiger partial charge is 0.338 e. The van der Waals surface area contributed by atoms with Crippen LogP contribution in [0.1, 0.15) is 33.1 Å². The van der Waals surface area contributed by atoms with Gasteiger partial charge in [-0.2, -0.15) is 0 Å². The summed E-state index contributed by atoms with van der Waals surface area (Å²) >= 11 is 0. The van der Waals surface area contributed by atoms with Crippen molar-refractivity contribution in [2.45, 2.75) is 19.5 Å². The van der Waals surface area contributed by atoms with Gasteiger partial charge in [0.2, 0.25) is 0 Å². The largest absolute Gasteiger partial charge is 0.496 e. The number of nitrogens with zero attached hydrogens (tertiary/aromatic N) is 2. The average molecular weight is 411 g/mol. The molecule has 0 radical (unpaired) electrons. The third kappa shape index (κ3) is 3.66. The number of fused-ring (bicyclic) bond motifs is 1. The van der Waals surface area contributed by atoms with E-state index in [2.05, 4.69) is 27.8 Å². The standard InChI is InChI=1S/C23H26FN3O3/c1-14-10-21(30-3)18(16-6-7-25-22(14)16)12-27-9-8-26(2)13-20(27)15-4-5-17(23(28)29)19(24)11-15/h4-7,10-11,20,25H,8-9,12-13H2,1-3H3,(H,28,29). The quantitative estimate of drug-likeness (QED) is 0.668. The highest BCUT2D eigenvalue weighted by molar-refractivity contribution is 5.88. The molecule has 0 amide bonds. The predicted molar refractivity (Wildman–Crippen MR) is 114 cm³/mol. The lowest BCUT2D eigenvalue weighted by atomic mass is 9.98. The molecule has 30 heavy (non-hydrogen) atoms. The van der Waals surface area contributed by atoms with Gasteiger partial charge in [0.25, 0.3) is 0 Å². The number of aromatic amines is 1. The van der Waals surface area contributed by atoms with E-state index < -0.39 is 11.8 Å². The van der Waals surface area contributed by atoms with Crippen LogP contribution in [0.2, 0.25) is 0 Å². The maximum absolute atomic E-state index is 14.4. The Balaban J connectivity index is 1.72. The molecular weight excluding hydrogens is 385 g/mol. The number of ether oxygens (including phenoxy) is 1. The number of hydrogen-bond donors (Lipinski definition) is 2. The van der Waals surface area contributed by atoms with Gasteiger partial charge in [-0.25, -0.2) is 9.18 Å². The third-order valence-corrected chi connectivity index (χ3v) is 6.00. The van der Waals surface area contributed by atoms with Crippen molar-refractivity contribution in [2.24, 2.45) is 0 Å². The van der Waals surface area contributed by atoms with E-state index >= 15 is 0 Å². The molecule has 158 valence electrons. The third-order valence-electron chi connectivity index (χ3n) is 6.00. The summed E-state index contributed by atoms with van der Waals surface area (Å²) in [4.78, 5) is 19.0. The van der Waals surface area contributed by atoms with E-state index in [9.17, 15) is 9.18 Å². The number of H-pyrrole nitrogens is 1. The lowest BCUT2D eigenvalue weighted by Crippen LogP contribution is -2.46. The summed E-state index contributed by atoms with van der Waals surface area (Å²) in [6.45, 7) is 5.15. The summed E-state index contributed by atoms with van der Waals surface area (Å²) in [5.74, 6) is -1.12. The Labute approximate surface area is 174 Å². The Bertz CT molecular complexity index is 1090. The van der Waals surface area contributed by atoms with Gasteiger partial charge in [-0.3, -0.25) is 4.90 Å². The fourth-order valence-corrected chi connectivity index (χ4v) is 4.36. The zero-order valence-electron chi connectivity index (χ0n) is 17.4. The van der Waals surface area contributed by atoms with Crippen LogP contribution in [-0.2, 0) is 6.54 Å². The zero-order chi connectivity index (χ0) is 21.4. The molecule has 1 unspecified atom stereocenters. The van der Waals surface area contributed by atoms with Crippen LogP contribution in [-0.4, -0.2) is 59.7 Å². The van der Waals surface area contributed by atoms with Crippen molar-refractivity contribution in [1.82, 2.24) is 14.8 Å². The van der Waals surface area contributed by atoms with E-state index in [-0.39, 0.29) is 11.6 Å². The number of aromatic nitrogens is 1. The molecule has 6 nitrogen and oxygen atoms in total. The van der Waals surface area contributed by atoms with Crippen molar-refractivity contribution >= 4 is 16.9 Å². The highest BCUT2D eigenvalue weighted by Crippen LogP contribution is 2.35. The number of likely N-dealkylation sites (N-methyl/N-ethyl adjacent to an activating group) is 1. The fourth-order valence-electron chi connectivity index (χ4n) is 4.36. The minimum absolute atomic E-state index is 0.0545. The molecular formula is C23H26FN3O3. The highest BCUT2D eigenvalue weighted by Gasteiger charge is 2.29. The molecule has 2 heterocycles. The van der Waals surface area contributed by atoms with Gasteiger partial charge in [0.1, 0.15) is 11.6 Å². The molecule has 0 saturated carbocycles. The summed E-state index contributed by atoms with van der Waals surface area (Å²) in [5, 5.41) is 10.3. The van der Waals surface area contributed by atoms with Crippen molar-refractivity contribution in [3.05, 3.63) is 64.6 Å². The van der Waals surface area contributed by atoms with Crippen molar-refractivity contribution in [2.75, 3.05) is 33.8 Å².